The Morgan fingerprint density at radius 2 is 1.89 bits per heavy atom. The maximum absolute atomic E-state index is 14.2. The summed E-state index contributed by atoms with van der Waals surface area (Å²) < 4.78 is 14.6. The van der Waals surface area contributed by atoms with Gasteiger partial charge in [0.15, 0.2) is 0 Å². The number of fused-ring (bicyclic) bond motifs is 8. The molecule has 4 aromatic rings. The van der Waals surface area contributed by atoms with E-state index in [0.717, 1.165) is 69.9 Å². The Bertz CT molecular complexity index is 2310. The van der Waals surface area contributed by atoms with Gasteiger partial charge in [0, 0.05) is 83.6 Å². The largest absolute Gasteiger partial charge is 0.464 e. The Balaban J connectivity index is 1.17. The molecule has 0 radical (unpaired) electrons. The fraction of sp³-hybridized carbons (Fsp3) is 0.604. The number of aryl methyl sites for hydroxylation is 1. The second kappa shape index (κ2) is 16.8. The molecule has 61 heavy (non-hydrogen) atoms. The van der Waals surface area contributed by atoms with Crippen molar-refractivity contribution in [1.82, 2.24) is 35.2 Å². The van der Waals surface area contributed by atoms with Crippen LogP contribution in [-0.2, 0) is 43.2 Å². The molecule has 9 rings (SSSR count). The van der Waals surface area contributed by atoms with E-state index in [4.69, 9.17) is 19.4 Å². The Morgan fingerprint density at radius 3 is 2.61 bits per heavy atom. The number of amides is 2. The molecule has 3 saturated heterocycles. The Labute approximate surface area is 364 Å². The highest BCUT2D eigenvalue weighted by molar-refractivity contribution is 7.10. The normalized spacial score (nSPS) is 28.6. The van der Waals surface area contributed by atoms with E-state index in [1.165, 1.54) is 46.7 Å². The molecule has 1 aromatic carbocycles. The van der Waals surface area contributed by atoms with E-state index < -0.39 is 17.5 Å². The molecule has 8 bridgehead atoms. The molecule has 12 nitrogen and oxygen atoms in total. The Hall–Kier alpha value is -4.17. The van der Waals surface area contributed by atoms with E-state index in [9.17, 15) is 14.4 Å². The zero-order valence-electron chi connectivity index (χ0n) is 37.0. The quantitative estimate of drug-likeness (QED) is 0.181. The fourth-order valence-electron chi connectivity index (χ4n) is 10.7. The van der Waals surface area contributed by atoms with Gasteiger partial charge in [-0.1, -0.05) is 33.3 Å². The van der Waals surface area contributed by atoms with Crippen molar-refractivity contribution in [2.45, 2.75) is 142 Å². The second-order valence-corrected chi connectivity index (χ2v) is 20.4. The third-order valence-corrected chi connectivity index (χ3v) is 15.4. The lowest BCUT2D eigenvalue weighted by atomic mass is 9.76. The number of ether oxygens (including phenoxy) is 2. The number of pyridine rings is 1. The first-order valence-electron chi connectivity index (χ1n) is 22.7. The molecule has 1 saturated carbocycles. The fourth-order valence-corrected chi connectivity index (χ4v) is 11.6. The van der Waals surface area contributed by atoms with Crippen molar-refractivity contribution in [3.05, 3.63) is 57.7 Å². The lowest BCUT2D eigenvalue weighted by Gasteiger charge is -2.47. The van der Waals surface area contributed by atoms with Gasteiger partial charge in [-0.25, -0.2) is 10.4 Å². The van der Waals surface area contributed by atoms with Crippen molar-refractivity contribution in [2.24, 2.45) is 17.3 Å². The number of carbonyl (C=O) groups is 3. The highest BCUT2D eigenvalue weighted by atomic mass is 32.1. The number of hydrogen-bond acceptors (Lipinski definition) is 10. The predicted octanol–water partition coefficient (Wildman–Crippen LogP) is 7.59. The first-order valence-corrected chi connectivity index (χ1v) is 23.6. The first-order chi connectivity index (χ1) is 29.3. The summed E-state index contributed by atoms with van der Waals surface area (Å²) in [5, 5.41) is 8.53. The molecule has 13 heteroatoms. The van der Waals surface area contributed by atoms with Crippen LogP contribution in [0, 0.1) is 17.3 Å². The Kier molecular flexibility index (Phi) is 11.6. The molecule has 7 heterocycles. The minimum atomic E-state index is -0.822. The number of esters is 1. The monoisotopic (exact) mass is 849 g/mol. The average molecular weight is 850 g/mol. The van der Waals surface area contributed by atoms with Crippen LogP contribution in [0.15, 0.2) is 35.8 Å². The van der Waals surface area contributed by atoms with Gasteiger partial charge in [0.2, 0.25) is 5.91 Å². The summed E-state index contributed by atoms with van der Waals surface area (Å²) in [6.45, 7) is 12.0. The van der Waals surface area contributed by atoms with Crippen molar-refractivity contribution in [3.63, 3.8) is 0 Å². The van der Waals surface area contributed by atoms with Gasteiger partial charge < -0.3 is 24.3 Å². The number of hydrazine groups is 1. The summed E-state index contributed by atoms with van der Waals surface area (Å²) in [4.78, 5) is 54.3. The molecular formula is C48H63N7O5S. The van der Waals surface area contributed by atoms with Crippen LogP contribution in [0.25, 0.3) is 33.4 Å². The maximum Gasteiger partial charge on any atom is 0.324 e. The van der Waals surface area contributed by atoms with Crippen molar-refractivity contribution in [3.8, 4) is 22.5 Å². The van der Waals surface area contributed by atoms with Crippen LogP contribution in [0.1, 0.15) is 120 Å². The SMILES string of the molecule is CCn1c(-c2cc(C3CC4CCCC(C3)N4C)cnc2[C@H](C)OC)c2c3cc(ccc31)-c1csc(n1)C[C@H](NC(=O)[C@H]1C[C@@H]1C)C(=O)N1CCC[C@H](N1)C(=O)OCC(C)(C)C2. The number of nitrogens with zero attached hydrogens (tertiary/aromatic N) is 5. The van der Waals surface area contributed by atoms with Crippen LogP contribution in [0.4, 0.5) is 0 Å². The summed E-state index contributed by atoms with van der Waals surface area (Å²) in [5.41, 5.74) is 11.3. The smallest absolute Gasteiger partial charge is 0.324 e. The van der Waals surface area contributed by atoms with Gasteiger partial charge in [0.05, 0.1) is 34.8 Å². The summed E-state index contributed by atoms with van der Waals surface area (Å²) in [6.07, 6.45) is 10.9. The van der Waals surface area contributed by atoms with Crippen molar-refractivity contribution in [2.75, 3.05) is 27.3 Å². The van der Waals surface area contributed by atoms with E-state index in [1.54, 1.807) is 7.11 Å². The topological polar surface area (TPSA) is 131 Å². The standard InChI is InChI=1S/C48H63N7O5S/c1-8-54-41-15-14-29-20-35(41)37(44(54)36-21-31(24-49-43(36)28(3)59-7)30-18-32-11-9-12-33(19-30)53(32)6)23-48(4,5)26-60-47(58)38-13-10-16-55(52-38)46(57)39(22-42-50-40(29)25-61-42)51-45(56)34-17-27(34)2/h14-15,20-21,24-25,27-28,30,32-34,38-39,52H,8-13,16-19,22-23,26H2,1-7H3,(H,51,56)/t27-,28-,30?,32?,33?,34-,38-,39-/m0/s1. The van der Waals surface area contributed by atoms with E-state index in [-0.39, 0.29) is 42.8 Å². The van der Waals surface area contributed by atoms with Crippen LogP contribution in [0.5, 0.6) is 0 Å². The number of piperidine rings is 2. The van der Waals surface area contributed by atoms with Crippen molar-refractivity contribution < 1.29 is 23.9 Å². The van der Waals surface area contributed by atoms with Crippen LogP contribution >= 0.6 is 11.3 Å². The molecule has 0 spiro atoms. The summed E-state index contributed by atoms with van der Waals surface area (Å²) in [7, 11) is 4.07. The molecule has 3 aromatic heterocycles. The van der Waals surface area contributed by atoms with Gasteiger partial charge >= 0.3 is 5.97 Å². The summed E-state index contributed by atoms with van der Waals surface area (Å²) >= 11 is 1.50. The predicted molar refractivity (Wildman–Crippen MR) is 238 cm³/mol. The van der Waals surface area contributed by atoms with E-state index in [1.807, 2.05) is 0 Å². The van der Waals surface area contributed by atoms with Gasteiger partial charge in [0.25, 0.3) is 5.91 Å². The molecule has 5 aliphatic rings. The van der Waals surface area contributed by atoms with Crippen LogP contribution < -0.4 is 10.7 Å². The molecule has 1 aliphatic carbocycles. The Morgan fingerprint density at radius 1 is 1.11 bits per heavy atom. The van der Waals surface area contributed by atoms with Gasteiger partial charge in [0.1, 0.15) is 12.1 Å². The maximum atomic E-state index is 14.2. The van der Waals surface area contributed by atoms with Gasteiger partial charge in [-0.2, -0.15) is 0 Å². The molecule has 2 amide bonds. The molecule has 4 fully saturated rings. The van der Waals surface area contributed by atoms with Gasteiger partial charge in [-0.05, 0) is 113 Å². The minimum Gasteiger partial charge on any atom is -0.464 e. The zero-order chi connectivity index (χ0) is 42.7. The summed E-state index contributed by atoms with van der Waals surface area (Å²) in [5.74, 6) is -0.101. The van der Waals surface area contributed by atoms with Gasteiger partial charge in [-0.15, -0.1) is 11.3 Å². The van der Waals surface area contributed by atoms with E-state index in [2.05, 4.69) is 97.7 Å². The number of cyclic esters (lactones) is 1. The van der Waals surface area contributed by atoms with Crippen LogP contribution in [0.3, 0.4) is 0 Å². The summed E-state index contributed by atoms with van der Waals surface area (Å²) in [6, 6.07) is 8.74. The second-order valence-electron chi connectivity index (χ2n) is 19.4. The van der Waals surface area contributed by atoms with Crippen LogP contribution in [0.2, 0.25) is 0 Å². The number of thiazole rings is 1. The third-order valence-electron chi connectivity index (χ3n) is 14.5. The molecule has 7 atom stereocenters. The number of aromatic nitrogens is 3. The number of hydrogen-bond donors (Lipinski definition) is 2. The molecule has 2 unspecified atom stereocenters. The number of nitrogens with one attached hydrogen (secondary N) is 2. The highest BCUT2D eigenvalue weighted by Gasteiger charge is 2.42. The van der Waals surface area contributed by atoms with Crippen molar-refractivity contribution >= 4 is 40.0 Å². The number of methoxy groups -OCH3 is 1. The number of benzene rings is 1. The lowest BCUT2D eigenvalue weighted by molar-refractivity contribution is -0.155. The van der Waals surface area contributed by atoms with E-state index >= 15 is 0 Å². The first kappa shape index (κ1) is 42.1. The average Bonchev–Trinajstić information content (AvgIpc) is 3.67. The van der Waals surface area contributed by atoms with Crippen LogP contribution in [-0.4, -0.2) is 93.7 Å². The zero-order valence-corrected chi connectivity index (χ0v) is 37.8. The molecule has 2 N–H and O–H groups in total. The number of rotatable bonds is 7. The third kappa shape index (κ3) is 8.27. The van der Waals surface area contributed by atoms with E-state index in [0.29, 0.717) is 49.7 Å². The minimum absolute atomic E-state index is 0.0876. The lowest BCUT2D eigenvalue weighted by Crippen LogP contribution is -2.60. The molecular weight excluding hydrogens is 787 g/mol. The molecule has 4 aliphatic heterocycles. The van der Waals surface area contributed by atoms with Gasteiger partial charge in [-0.3, -0.25) is 24.4 Å². The van der Waals surface area contributed by atoms with Crippen molar-refractivity contribution in [1.29, 1.82) is 0 Å². The number of carbonyl (C=O) groups excluding carboxylic acids is 3. The highest BCUT2D eigenvalue weighted by Crippen LogP contribution is 2.46. The molecule has 326 valence electrons.